The van der Waals surface area contributed by atoms with Crippen LogP contribution in [0.15, 0.2) is 16.3 Å². The number of hydrogen-bond acceptors (Lipinski definition) is 5. The van der Waals surface area contributed by atoms with E-state index in [0.717, 1.165) is 32.0 Å². The summed E-state index contributed by atoms with van der Waals surface area (Å²) in [7, 11) is -3.54. The Hall–Kier alpha value is -0.960. The second-order valence-corrected chi connectivity index (χ2v) is 9.61. The van der Waals surface area contributed by atoms with Crippen LogP contribution in [0.2, 0.25) is 0 Å². The molecule has 3 fully saturated rings. The van der Waals surface area contributed by atoms with Crippen LogP contribution in [0.1, 0.15) is 35.4 Å². The van der Waals surface area contributed by atoms with E-state index in [2.05, 4.69) is 4.90 Å². The first kappa shape index (κ1) is 16.5. The standard InChI is InChI=1S/C16H23N3O3S2/c20-16(18-10-8-17(9-11-18)13-3-4-13)15-14(5-12-23-15)24(21,22)19-6-1-2-7-19/h5,12-13H,1-4,6-11H2. The van der Waals surface area contributed by atoms with E-state index in [1.54, 1.807) is 11.4 Å². The molecule has 2 saturated heterocycles. The highest BCUT2D eigenvalue weighted by Gasteiger charge is 2.36. The normalized spacial score (nSPS) is 23.8. The van der Waals surface area contributed by atoms with Gasteiger partial charge >= 0.3 is 0 Å². The quantitative estimate of drug-likeness (QED) is 0.806. The van der Waals surface area contributed by atoms with E-state index >= 15 is 0 Å². The Bertz CT molecular complexity index is 713. The first-order valence-electron chi connectivity index (χ1n) is 8.68. The third kappa shape index (κ3) is 3.00. The highest BCUT2D eigenvalue weighted by atomic mass is 32.2. The number of nitrogens with zero attached hydrogens (tertiary/aromatic N) is 3. The minimum atomic E-state index is -3.54. The third-order valence-corrected chi connectivity index (χ3v) is 8.14. The molecule has 1 aromatic heterocycles. The Morgan fingerprint density at radius 3 is 2.33 bits per heavy atom. The molecule has 1 aromatic rings. The van der Waals surface area contributed by atoms with Crippen LogP contribution in [0.25, 0.3) is 0 Å². The molecule has 8 heteroatoms. The Kier molecular flexibility index (Phi) is 4.40. The van der Waals surface area contributed by atoms with Crippen LogP contribution in [-0.2, 0) is 10.0 Å². The Labute approximate surface area is 147 Å². The summed E-state index contributed by atoms with van der Waals surface area (Å²) in [5, 5.41) is 1.72. The maximum absolute atomic E-state index is 12.9. The van der Waals surface area contributed by atoms with Crippen LogP contribution in [-0.4, -0.2) is 73.7 Å². The van der Waals surface area contributed by atoms with E-state index < -0.39 is 10.0 Å². The number of carbonyl (C=O) groups excluding carboxylic acids is 1. The molecule has 3 aliphatic rings. The lowest BCUT2D eigenvalue weighted by atomic mass is 10.3. The molecular formula is C16H23N3O3S2. The maximum Gasteiger partial charge on any atom is 0.265 e. The average molecular weight is 370 g/mol. The van der Waals surface area contributed by atoms with Gasteiger partial charge in [-0.25, -0.2) is 8.42 Å². The molecule has 0 unspecified atom stereocenters. The van der Waals surface area contributed by atoms with Crippen molar-refractivity contribution < 1.29 is 13.2 Å². The Morgan fingerprint density at radius 2 is 1.71 bits per heavy atom. The molecule has 2 aliphatic heterocycles. The molecule has 4 rings (SSSR count). The smallest absolute Gasteiger partial charge is 0.265 e. The highest BCUT2D eigenvalue weighted by Crippen LogP contribution is 2.30. The molecule has 6 nitrogen and oxygen atoms in total. The monoisotopic (exact) mass is 369 g/mol. The van der Waals surface area contributed by atoms with E-state index in [1.165, 1.54) is 28.5 Å². The van der Waals surface area contributed by atoms with Gasteiger partial charge in [0, 0.05) is 45.3 Å². The predicted octanol–water partition coefficient (Wildman–Crippen LogP) is 1.45. The van der Waals surface area contributed by atoms with Crippen molar-refractivity contribution in [1.82, 2.24) is 14.1 Å². The highest BCUT2D eigenvalue weighted by molar-refractivity contribution is 7.89. The fourth-order valence-electron chi connectivity index (χ4n) is 3.60. The zero-order valence-corrected chi connectivity index (χ0v) is 15.3. The summed E-state index contributed by atoms with van der Waals surface area (Å²) in [4.78, 5) is 17.7. The summed E-state index contributed by atoms with van der Waals surface area (Å²) in [6, 6.07) is 2.31. The molecular weight excluding hydrogens is 346 g/mol. The molecule has 0 bridgehead atoms. The molecule has 1 amide bonds. The van der Waals surface area contributed by atoms with Crippen molar-refractivity contribution in [3.05, 3.63) is 16.3 Å². The van der Waals surface area contributed by atoms with Crippen molar-refractivity contribution in [2.45, 2.75) is 36.6 Å². The van der Waals surface area contributed by atoms with Crippen molar-refractivity contribution in [3.63, 3.8) is 0 Å². The first-order valence-corrected chi connectivity index (χ1v) is 11.0. The molecule has 0 atom stereocenters. The Balaban J connectivity index is 1.50. The van der Waals surface area contributed by atoms with Crippen molar-refractivity contribution >= 4 is 27.3 Å². The van der Waals surface area contributed by atoms with Crippen LogP contribution < -0.4 is 0 Å². The molecule has 24 heavy (non-hydrogen) atoms. The van der Waals surface area contributed by atoms with Crippen molar-refractivity contribution in [2.24, 2.45) is 0 Å². The molecule has 132 valence electrons. The fraction of sp³-hybridized carbons (Fsp3) is 0.688. The topological polar surface area (TPSA) is 60.9 Å². The Morgan fingerprint density at radius 1 is 1.04 bits per heavy atom. The first-order chi connectivity index (χ1) is 11.6. The summed E-state index contributed by atoms with van der Waals surface area (Å²) in [6.45, 7) is 4.30. The summed E-state index contributed by atoms with van der Waals surface area (Å²) < 4.78 is 27.1. The number of piperazine rings is 1. The number of sulfonamides is 1. The maximum atomic E-state index is 12.9. The molecule has 0 N–H and O–H groups in total. The van der Waals surface area contributed by atoms with Crippen LogP contribution in [0.4, 0.5) is 0 Å². The fourth-order valence-corrected chi connectivity index (χ4v) is 6.48. The van der Waals surface area contributed by atoms with Gasteiger partial charge in [-0.05, 0) is 37.1 Å². The molecule has 3 heterocycles. The number of amides is 1. The summed E-state index contributed by atoms with van der Waals surface area (Å²) in [5.74, 6) is -0.127. The second-order valence-electron chi connectivity index (χ2n) is 6.78. The van der Waals surface area contributed by atoms with Crippen LogP contribution in [0.3, 0.4) is 0 Å². The second kappa shape index (κ2) is 6.40. The molecule has 0 spiro atoms. The van der Waals surface area contributed by atoms with E-state index in [4.69, 9.17) is 0 Å². The minimum Gasteiger partial charge on any atom is -0.335 e. The van der Waals surface area contributed by atoms with Gasteiger partial charge in [-0.15, -0.1) is 11.3 Å². The van der Waals surface area contributed by atoms with Gasteiger partial charge in [0.2, 0.25) is 10.0 Å². The number of thiophene rings is 1. The lowest BCUT2D eigenvalue weighted by Gasteiger charge is -2.34. The molecule has 1 saturated carbocycles. The molecule has 1 aliphatic carbocycles. The van der Waals surface area contributed by atoms with Gasteiger partial charge in [-0.1, -0.05) is 0 Å². The number of hydrogen-bond donors (Lipinski definition) is 0. The van der Waals surface area contributed by atoms with Gasteiger partial charge in [0.25, 0.3) is 5.91 Å². The van der Waals surface area contributed by atoms with E-state index in [0.29, 0.717) is 31.1 Å². The number of carbonyl (C=O) groups is 1. The van der Waals surface area contributed by atoms with Gasteiger partial charge in [0.15, 0.2) is 0 Å². The van der Waals surface area contributed by atoms with Gasteiger partial charge in [-0.3, -0.25) is 9.69 Å². The van der Waals surface area contributed by atoms with Crippen molar-refractivity contribution in [1.29, 1.82) is 0 Å². The van der Waals surface area contributed by atoms with Crippen molar-refractivity contribution in [3.8, 4) is 0 Å². The molecule has 0 radical (unpaired) electrons. The van der Waals surface area contributed by atoms with Gasteiger partial charge < -0.3 is 4.90 Å². The van der Waals surface area contributed by atoms with E-state index in [-0.39, 0.29) is 10.8 Å². The third-order valence-electron chi connectivity index (χ3n) is 5.17. The lowest BCUT2D eigenvalue weighted by Crippen LogP contribution is -2.49. The van der Waals surface area contributed by atoms with E-state index in [1.807, 2.05) is 4.90 Å². The number of rotatable bonds is 4. The zero-order chi connectivity index (χ0) is 16.7. The zero-order valence-electron chi connectivity index (χ0n) is 13.7. The largest absolute Gasteiger partial charge is 0.335 e. The van der Waals surface area contributed by atoms with E-state index in [9.17, 15) is 13.2 Å². The SMILES string of the molecule is O=C(c1sccc1S(=O)(=O)N1CCCC1)N1CCN(C2CC2)CC1. The van der Waals surface area contributed by atoms with Gasteiger partial charge in [0.05, 0.1) is 0 Å². The van der Waals surface area contributed by atoms with Crippen LogP contribution >= 0.6 is 11.3 Å². The van der Waals surface area contributed by atoms with Crippen LogP contribution in [0.5, 0.6) is 0 Å². The van der Waals surface area contributed by atoms with Gasteiger partial charge in [0.1, 0.15) is 9.77 Å². The van der Waals surface area contributed by atoms with Gasteiger partial charge in [-0.2, -0.15) is 4.31 Å². The minimum absolute atomic E-state index is 0.127. The predicted molar refractivity (Wildman–Crippen MR) is 92.8 cm³/mol. The lowest BCUT2D eigenvalue weighted by molar-refractivity contribution is 0.0628. The average Bonchev–Trinajstić information content (AvgIpc) is 3.08. The van der Waals surface area contributed by atoms with Crippen LogP contribution in [0, 0.1) is 0 Å². The summed E-state index contributed by atoms with van der Waals surface area (Å²) in [6.07, 6.45) is 4.35. The summed E-state index contributed by atoms with van der Waals surface area (Å²) >= 11 is 1.25. The van der Waals surface area contributed by atoms with Crippen molar-refractivity contribution in [2.75, 3.05) is 39.3 Å². The molecule has 0 aromatic carbocycles. The summed E-state index contributed by atoms with van der Waals surface area (Å²) in [5.41, 5.74) is 0.